The average Bonchev–Trinajstić information content (AvgIpc) is 3.12. The molecule has 0 aromatic heterocycles. The molecule has 2 rings (SSSR count). The third-order valence-electron chi connectivity index (χ3n) is 3.18. The maximum absolute atomic E-state index is 11.3. The number of nitrogens with two attached hydrogens (primary N) is 1. The highest BCUT2D eigenvalue weighted by Crippen LogP contribution is 2.44. The quantitative estimate of drug-likeness (QED) is 0.723. The molecule has 1 saturated carbocycles. The predicted molar refractivity (Wildman–Crippen MR) is 59.6 cm³/mol. The Hall–Kier alpha value is -1.88. The van der Waals surface area contributed by atoms with Gasteiger partial charge in [-0.1, -0.05) is 12.1 Å². The number of hydrogen-bond acceptors (Lipinski definition) is 3. The van der Waals surface area contributed by atoms with Crippen LogP contribution in [0.4, 0.5) is 0 Å². The van der Waals surface area contributed by atoms with Gasteiger partial charge in [0.25, 0.3) is 0 Å². The fraction of sp³-hybridized carbons (Fsp3) is 0.333. The molecule has 1 atom stereocenters. The van der Waals surface area contributed by atoms with E-state index in [9.17, 15) is 14.7 Å². The zero-order chi connectivity index (χ0) is 12.6. The van der Waals surface area contributed by atoms with Crippen LogP contribution in [-0.4, -0.2) is 22.2 Å². The van der Waals surface area contributed by atoms with Crippen molar-refractivity contribution in [1.29, 1.82) is 0 Å². The standard InChI is InChI=1S/C12H13NO4/c13-12(11(16)17,9-5-6-9)8-3-1-7(2-4-8)10(14)15/h1-4,9H,5-6,13H2,(H,14,15)(H,16,17). The summed E-state index contributed by atoms with van der Waals surface area (Å²) in [6, 6.07) is 5.72. The van der Waals surface area contributed by atoms with Crippen LogP contribution in [0.3, 0.4) is 0 Å². The first-order valence-electron chi connectivity index (χ1n) is 5.32. The Morgan fingerprint density at radius 1 is 1.18 bits per heavy atom. The summed E-state index contributed by atoms with van der Waals surface area (Å²) in [4.78, 5) is 22.0. The highest BCUT2D eigenvalue weighted by Gasteiger charge is 2.49. The van der Waals surface area contributed by atoms with Gasteiger partial charge in [0.15, 0.2) is 0 Å². The van der Waals surface area contributed by atoms with Crippen LogP contribution in [0, 0.1) is 5.92 Å². The van der Waals surface area contributed by atoms with Crippen LogP contribution >= 0.6 is 0 Å². The van der Waals surface area contributed by atoms with Crippen molar-refractivity contribution in [2.75, 3.05) is 0 Å². The summed E-state index contributed by atoms with van der Waals surface area (Å²) in [6.07, 6.45) is 1.59. The second-order valence-electron chi connectivity index (χ2n) is 4.33. The number of rotatable bonds is 4. The van der Waals surface area contributed by atoms with Crippen molar-refractivity contribution in [3.63, 3.8) is 0 Å². The predicted octanol–water partition coefficient (Wildman–Crippen LogP) is 1.03. The average molecular weight is 235 g/mol. The van der Waals surface area contributed by atoms with E-state index in [4.69, 9.17) is 10.8 Å². The molecule has 1 aliphatic rings. The molecule has 5 nitrogen and oxygen atoms in total. The monoisotopic (exact) mass is 235 g/mol. The topological polar surface area (TPSA) is 101 Å². The number of carbonyl (C=O) groups is 2. The van der Waals surface area contributed by atoms with Crippen LogP contribution in [0.25, 0.3) is 0 Å². The first kappa shape index (κ1) is 11.6. The van der Waals surface area contributed by atoms with Crippen LogP contribution < -0.4 is 5.73 Å². The Labute approximate surface area is 97.9 Å². The molecule has 1 unspecified atom stereocenters. The summed E-state index contributed by atoms with van der Waals surface area (Å²) in [5.74, 6) is -2.17. The third kappa shape index (κ3) is 1.89. The summed E-state index contributed by atoms with van der Waals surface area (Å²) in [7, 11) is 0. The van der Waals surface area contributed by atoms with E-state index in [1.807, 2.05) is 0 Å². The SMILES string of the molecule is NC(C(=O)O)(c1ccc(C(=O)O)cc1)C1CC1. The Bertz CT molecular complexity index is 464. The summed E-state index contributed by atoms with van der Waals surface area (Å²) in [5.41, 5.74) is 5.13. The van der Waals surface area contributed by atoms with Crippen LogP contribution in [0.1, 0.15) is 28.8 Å². The Balaban J connectivity index is 2.37. The van der Waals surface area contributed by atoms with Crippen LogP contribution in [0.2, 0.25) is 0 Å². The number of carboxylic acids is 2. The van der Waals surface area contributed by atoms with Crippen molar-refractivity contribution >= 4 is 11.9 Å². The molecule has 0 heterocycles. The van der Waals surface area contributed by atoms with Crippen LogP contribution in [0.5, 0.6) is 0 Å². The molecular weight excluding hydrogens is 222 g/mol. The van der Waals surface area contributed by atoms with Gasteiger partial charge in [-0.3, -0.25) is 0 Å². The molecule has 17 heavy (non-hydrogen) atoms. The van der Waals surface area contributed by atoms with E-state index < -0.39 is 17.5 Å². The molecule has 0 amide bonds. The van der Waals surface area contributed by atoms with Gasteiger partial charge in [-0.15, -0.1) is 0 Å². The lowest BCUT2D eigenvalue weighted by Gasteiger charge is -2.25. The largest absolute Gasteiger partial charge is 0.480 e. The van der Waals surface area contributed by atoms with E-state index >= 15 is 0 Å². The summed E-state index contributed by atoms with van der Waals surface area (Å²) in [5, 5.41) is 18.0. The van der Waals surface area contributed by atoms with Gasteiger partial charge in [-0.2, -0.15) is 0 Å². The fourth-order valence-electron chi connectivity index (χ4n) is 1.96. The Morgan fingerprint density at radius 3 is 2.06 bits per heavy atom. The van der Waals surface area contributed by atoms with Crippen molar-refractivity contribution < 1.29 is 19.8 Å². The van der Waals surface area contributed by atoms with E-state index in [0.29, 0.717) is 5.56 Å². The lowest BCUT2D eigenvalue weighted by Crippen LogP contribution is -2.47. The van der Waals surface area contributed by atoms with Crippen molar-refractivity contribution in [2.45, 2.75) is 18.4 Å². The lowest BCUT2D eigenvalue weighted by molar-refractivity contribution is -0.144. The molecule has 0 aliphatic heterocycles. The molecule has 1 fully saturated rings. The van der Waals surface area contributed by atoms with Crippen molar-refractivity contribution in [3.8, 4) is 0 Å². The number of hydrogen-bond donors (Lipinski definition) is 3. The van der Waals surface area contributed by atoms with E-state index in [1.54, 1.807) is 0 Å². The smallest absolute Gasteiger partial charge is 0.335 e. The highest BCUT2D eigenvalue weighted by molar-refractivity contribution is 5.88. The van der Waals surface area contributed by atoms with Gasteiger partial charge in [-0.05, 0) is 36.5 Å². The minimum Gasteiger partial charge on any atom is -0.480 e. The normalized spacial score (nSPS) is 18.4. The molecule has 0 spiro atoms. The summed E-state index contributed by atoms with van der Waals surface area (Å²) < 4.78 is 0. The molecule has 1 aromatic rings. The van der Waals surface area contributed by atoms with Gasteiger partial charge in [0.05, 0.1) is 5.56 Å². The Kier molecular flexibility index (Phi) is 2.63. The van der Waals surface area contributed by atoms with Crippen molar-refractivity contribution in [2.24, 2.45) is 11.7 Å². The van der Waals surface area contributed by atoms with Gasteiger partial charge >= 0.3 is 11.9 Å². The molecule has 90 valence electrons. The van der Waals surface area contributed by atoms with Gasteiger partial charge in [-0.25, -0.2) is 9.59 Å². The van der Waals surface area contributed by atoms with Crippen molar-refractivity contribution in [1.82, 2.24) is 0 Å². The van der Waals surface area contributed by atoms with E-state index in [1.165, 1.54) is 24.3 Å². The van der Waals surface area contributed by atoms with E-state index in [0.717, 1.165) is 12.8 Å². The molecule has 5 heteroatoms. The maximum Gasteiger partial charge on any atom is 0.335 e. The molecule has 0 radical (unpaired) electrons. The van der Waals surface area contributed by atoms with Gasteiger partial charge in [0, 0.05) is 0 Å². The van der Waals surface area contributed by atoms with Gasteiger partial charge < -0.3 is 15.9 Å². The summed E-state index contributed by atoms with van der Waals surface area (Å²) >= 11 is 0. The number of aromatic carboxylic acids is 1. The van der Waals surface area contributed by atoms with Crippen molar-refractivity contribution in [3.05, 3.63) is 35.4 Å². The number of carboxylic acid groups (broad SMARTS) is 2. The van der Waals surface area contributed by atoms with Crippen LogP contribution in [-0.2, 0) is 10.3 Å². The maximum atomic E-state index is 11.3. The van der Waals surface area contributed by atoms with Gasteiger partial charge in [0.1, 0.15) is 5.54 Å². The van der Waals surface area contributed by atoms with Crippen LogP contribution in [0.15, 0.2) is 24.3 Å². The molecule has 0 saturated heterocycles. The molecule has 1 aliphatic carbocycles. The van der Waals surface area contributed by atoms with E-state index in [-0.39, 0.29) is 11.5 Å². The highest BCUT2D eigenvalue weighted by atomic mass is 16.4. The number of aliphatic carboxylic acids is 1. The minimum absolute atomic E-state index is 0.0596. The van der Waals surface area contributed by atoms with E-state index in [2.05, 4.69) is 0 Å². The first-order chi connectivity index (χ1) is 7.96. The second-order valence-corrected chi connectivity index (χ2v) is 4.33. The fourth-order valence-corrected chi connectivity index (χ4v) is 1.96. The molecule has 0 bridgehead atoms. The second kappa shape index (κ2) is 3.85. The zero-order valence-corrected chi connectivity index (χ0v) is 9.09. The Morgan fingerprint density at radius 2 is 1.71 bits per heavy atom. The van der Waals surface area contributed by atoms with Gasteiger partial charge in [0.2, 0.25) is 0 Å². The molecule has 1 aromatic carbocycles. The molecule has 4 N–H and O–H groups in total. The third-order valence-corrected chi connectivity index (χ3v) is 3.18. The summed E-state index contributed by atoms with van der Waals surface area (Å²) in [6.45, 7) is 0. The number of benzene rings is 1. The lowest BCUT2D eigenvalue weighted by atomic mass is 9.85. The molecular formula is C12H13NO4. The minimum atomic E-state index is -1.39. The zero-order valence-electron chi connectivity index (χ0n) is 9.09. The first-order valence-corrected chi connectivity index (χ1v) is 5.32.